The average Bonchev–Trinajstić information content (AvgIpc) is 2.77. The smallest absolute Gasteiger partial charge is 0.416 e. The van der Waals surface area contributed by atoms with E-state index in [0.29, 0.717) is 23.0 Å². The molecule has 10 heteroatoms. The summed E-state index contributed by atoms with van der Waals surface area (Å²) in [5, 5.41) is 8.93. The summed E-state index contributed by atoms with van der Waals surface area (Å²) >= 11 is 5.95. The van der Waals surface area contributed by atoms with Crippen molar-refractivity contribution in [3.63, 3.8) is 0 Å². The molecule has 3 aromatic rings. The van der Waals surface area contributed by atoms with Crippen LogP contribution >= 0.6 is 11.6 Å². The van der Waals surface area contributed by atoms with E-state index >= 15 is 0 Å². The molecule has 168 valence electrons. The molecule has 6 nitrogen and oxygen atoms in total. The number of likely N-dealkylation sites (N-methyl/N-ethyl adjacent to an activating group) is 1. The van der Waals surface area contributed by atoms with Crippen LogP contribution in [0.3, 0.4) is 0 Å². The molecule has 0 amide bonds. The highest BCUT2D eigenvalue weighted by Crippen LogP contribution is 2.32. The van der Waals surface area contributed by atoms with Gasteiger partial charge in [0, 0.05) is 43.3 Å². The van der Waals surface area contributed by atoms with E-state index in [0.717, 1.165) is 38.3 Å². The molecule has 1 aromatic heterocycles. The summed E-state index contributed by atoms with van der Waals surface area (Å²) in [4.78, 5) is 8.88. The lowest BCUT2D eigenvalue weighted by Gasteiger charge is -2.32. The second-order valence-corrected chi connectivity index (χ2v) is 8.04. The number of ether oxygens (including phenoxy) is 1. The fourth-order valence-corrected chi connectivity index (χ4v) is 3.43. The maximum Gasteiger partial charge on any atom is 0.416 e. The predicted molar refractivity (Wildman–Crippen MR) is 115 cm³/mol. The van der Waals surface area contributed by atoms with Gasteiger partial charge in [-0.1, -0.05) is 23.7 Å². The summed E-state index contributed by atoms with van der Waals surface area (Å²) in [7, 11) is 2.07. The molecule has 2 heterocycles. The van der Waals surface area contributed by atoms with Crippen molar-refractivity contribution in [2.24, 2.45) is 0 Å². The minimum atomic E-state index is -4.46. The number of nitrogens with zero attached hydrogens (tertiary/aromatic N) is 5. The Hall–Kier alpha value is -2.75. The summed E-state index contributed by atoms with van der Waals surface area (Å²) in [5.41, 5.74) is -0.0556. The molecule has 1 aliphatic heterocycles. The van der Waals surface area contributed by atoms with Gasteiger partial charge in [0.05, 0.1) is 5.56 Å². The van der Waals surface area contributed by atoms with Gasteiger partial charge in [0.25, 0.3) is 0 Å². The molecule has 1 fully saturated rings. The zero-order valence-electron chi connectivity index (χ0n) is 17.3. The van der Waals surface area contributed by atoms with E-state index in [9.17, 15) is 13.2 Å². The fraction of sp³-hybridized carbons (Fsp3) is 0.318. The number of halogens is 4. The summed E-state index contributed by atoms with van der Waals surface area (Å²) in [6.45, 7) is 4.04. The van der Waals surface area contributed by atoms with Crippen molar-refractivity contribution in [1.82, 2.24) is 25.0 Å². The van der Waals surface area contributed by atoms with Crippen LogP contribution < -0.4 is 4.74 Å². The van der Waals surface area contributed by atoms with Gasteiger partial charge in [0.2, 0.25) is 5.88 Å². The first kappa shape index (κ1) is 22.4. The lowest BCUT2D eigenvalue weighted by molar-refractivity contribution is -0.137. The summed E-state index contributed by atoms with van der Waals surface area (Å²) < 4.78 is 45.4. The first-order valence-corrected chi connectivity index (χ1v) is 10.4. The maximum absolute atomic E-state index is 13.1. The molecule has 32 heavy (non-hydrogen) atoms. The Labute approximate surface area is 188 Å². The van der Waals surface area contributed by atoms with Crippen LogP contribution in [0, 0.1) is 0 Å². The largest absolute Gasteiger partial charge is 0.437 e. The minimum absolute atomic E-state index is 0.0576. The lowest BCUT2D eigenvalue weighted by Crippen LogP contribution is -2.44. The second-order valence-electron chi connectivity index (χ2n) is 7.60. The van der Waals surface area contributed by atoms with E-state index in [1.807, 2.05) is 0 Å². The lowest BCUT2D eigenvalue weighted by atomic mass is 10.1. The van der Waals surface area contributed by atoms with Gasteiger partial charge in [-0.2, -0.15) is 18.2 Å². The van der Waals surface area contributed by atoms with Crippen LogP contribution in [0.1, 0.15) is 11.3 Å². The average molecular weight is 464 g/mol. The number of alkyl halides is 3. The van der Waals surface area contributed by atoms with Crippen molar-refractivity contribution >= 4 is 11.6 Å². The summed E-state index contributed by atoms with van der Waals surface area (Å²) in [6.07, 6.45) is -4.46. The first-order valence-electron chi connectivity index (χ1n) is 10.0. The number of benzene rings is 2. The Bertz CT molecular complexity index is 1070. The molecule has 0 bridgehead atoms. The van der Waals surface area contributed by atoms with Gasteiger partial charge in [0.15, 0.2) is 5.82 Å². The van der Waals surface area contributed by atoms with Crippen LogP contribution in [0.2, 0.25) is 5.02 Å². The predicted octanol–water partition coefficient (Wildman–Crippen LogP) is 4.75. The van der Waals surface area contributed by atoms with E-state index in [1.165, 1.54) is 12.1 Å². The van der Waals surface area contributed by atoms with E-state index in [4.69, 9.17) is 16.3 Å². The Morgan fingerprint density at radius 3 is 2.41 bits per heavy atom. The maximum atomic E-state index is 13.1. The molecule has 0 atom stereocenters. The highest BCUT2D eigenvalue weighted by Gasteiger charge is 2.31. The van der Waals surface area contributed by atoms with Crippen molar-refractivity contribution in [3.05, 3.63) is 64.8 Å². The molecule has 0 aliphatic carbocycles. The highest BCUT2D eigenvalue weighted by atomic mass is 35.5. The zero-order chi connectivity index (χ0) is 22.7. The topological polar surface area (TPSA) is 54.4 Å². The monoisotopic (exact) mass is 463 g/mol. The number of hydrogen-bond donors (Lipinski definition) is 0. The molecule has 0 radical (unpaired) electrons. The number of rotatable bonds is 5. The van der Waals surface area contributed by atoms with Crippen molar-refractivity contribution < 1.29 is 17.9 Å². The van der Waals surface area contributed by atoms with Crippen molar-refractivity contribution in [3.8, 4) is 23.0 Å². The van der Waals surface area contributed by atoms with Crippen LogP contribution in [0.5, 0.6) is 11.6 Å². The fourth-order valence-electron chi connectivity index (χ4n) is 3.30. The minimum Gasteiger partial charge on any atom is -0.437 e. The molecule has 0 spiro atoms. The highest BCUT2D eigenvalue weighted by molar-refractivity contribution is 6.30. The molecular weight excluding hydrogens is 443 g/mol. The quantitative estimate of drug-likeness (QED) is 0.544. The van der Waals surface area contributed by atoms with Gasteiger partial charge in [0.1, 0.15) is 11.4 Å². The first-order chi connectivity index (χ1) is 15.3. The molecule has 4 rings (SSSR count). The normalized spacial score (nSPS) is 15.7. The van der Waals surface area contributed by atoms with Crippen LogP contribution in [0.4, 0.5) is 13.2 Å². The van der Waals surface area contributed by atoms with Gasteiger partial charge in [-0.15, -0.1) is 10.2 Å². The standard InChI is InChI=1S/C22H21ClF3N5O/c1-30-9-11-31(12-10-30)14-19-21(32-18-7-5-17(23)6-8-18)27-20(29-28-19)15-3-2-4-16(13-15)22(24,25)26/h2-8,13H,9-12,14H2,1H3. The van der Waals surface area contributed by atoms with Crippen molar-refractivity contribution in [1.29, 1.82) is 0 Å². The molecule has 0 unspecified atom stereocenters. The Kier molecular flexibility index (Phi) is 6.59. The van der Waals surface area contributed by atoms with E-state index in [-0.39, 0.29) is 17.3 Å². The van der Waals surface area contributed by atoms with Crippen LogP contribution in [-0.2, 0) is 12.7 Å². The van der Waals surface area contributed by atoms with Gasteiger partial charge in [-0.3, -0.25) is 4.90 Å². The van der Waals surface area contributed by atoms with Gasteiger partial charge < -0.3 is 9.64 Å². The third-order valence-electron chi connectivity index (χ3n) is 5.17. The summed E-state index contributed by atoms with van der Waals surface area (Å²) in [6, 6.07) is 11.6. The molecule has 0 saturated carbocycles. The summed E-state index contributed by atoms with van der Waals surface area (Å²) in [5.74, 6) is 0.750. The molecule has 2 aromatic carbocycles. The van der Waals surface area contributed by atoms with E-state index in [2.05, 4.69) is 32.0 Å². The molecule has 1 saturated heterocycles. The molecule has 1 aliphatic rings. The number of hydrogen-bond acceptors (Lipinski definition) is 6. The van der Waals surface area contributed by atoms with Gasteiger partial charge >= 0.3 is 6.18 Å². The van der Waals surface area contributed by atoms with Crippen LogP contribution in [0.25, 0.3) is 11.4 Å². The molecular formula is C22H21ClF3N5O. The Morgan fingerprint density at radius 2 is 1.72 bits per heavy atom. The van der Waals surface area contributed by atoms with Crippen molar-refractivity contribution in [2.75, 3.05) is 33.2 Å². The van der Waals surface area contributed by atoms with Crippen LogP contribution in [-0.4, -0.2) is 58.2 Å². The third-order valence-corrected chi connectivity index (χ3v) is 5.42. The SMILES string of the molecule is CN1CCN(Cc2nnc(-c3cccc(C(F)(F)F)c3)nc2Oc2ccc(Cl)cc2)CC1. The Balaban J connectivity index is 1.66. The van der Waals surface area contributed by atoms with Gasteiger partial charge in [-0.05, 0) is 43.4 Å². The van der Waals surface area contributed by atoms with Gasteiger partial charge in [-0.25, -0.2) is 0 Å². The molecule has 0 N–H and O–H groups in total. The third kappa shape index (κ3) is 5.53. The van der Waals surface area contributed by atoms with Crippen molar-refractivity contribution in [2.45, 2.75) is 12.7 Å². The second kappa shape index (κ2) is 9.40. The number of piperazine rings is 1. The zero-order valence-corrected chi connectivity index (χ0v) is 18.1. The van der Waals surface area contributed by atoms with Crippen LogP contribution in [0.15, 0.2) is 48.5 Å². The Morgan fingerprint density at radius 1 is 1.00 bits per heavy atom. The van der Waals surface area contributed by atoms with E-state index < -0.39 is 11.7 Å². The van der Waals surface area contributed by atoms with E-state index in [1.54, 1.807) is 24.3 Å². The number of aromatic nitrogens is 3.